The Hall–Kier alpha value is -1.86. The molecule has 3 heterocycles. The van der Waals surface area contributed by atoms with Crippen LogP contribution in [0.25, 0.3) is 5.65 Å². The Morgan fingerprint density at radius 3 is 2.41 bits per heavy atom. The maximum absolute atomic E-state index is 11.1. The molecule has 0 unspecified atom stereocenters. The molecule has 0 aliphatic carbocycles. The van der Waals surface area contributed by atoms with Gasteiger partial charge in [0, 0.05) is 13.1 Å². The molecular formula is C15H20BN3O3. The fourth-order valence-corrected chi connectivity index (χ4v) is 2.37. The molecule has 1 saturated heterocycles. The van der Waals surface area contributed by atoms with Crippen molar-refractivity contribution in [3.63, 3.8) is 0 Å². The minimum absolute atomic E-state index is 0.144. The molecule has 22 heavy (non-hydrogen) atoms. The number of fused-ring (bicyclic) bond motifs is 1. The summed E-state index contributed by atoms with van der Waals surface area (Å²) in [7, 11) is -0.416. The van der Waals surface area contributed by atoms with Crippen molar-refractivity contribution in [1.29, 1.82) is 0 Å². The van der Waals surface area contributed by atoms with Crippen molar-refractivity contribution in [2.24, 2.45) is 0 Å². The molecule has 0 radical (unpaired) electrons. The minimum Gasteiger partial charge on any atom is -0.399 e. The molecule has 2 aromatic heterocycles. The number of pyridine rings is 1. The number of carbonyl (C=O) groups excluding carboxylic acids is 1. The van der Waals surface area contributed by atoms with Crippen LogP contribution in [0.4, 0.5) is 5.82 Å². The fraction of sp³-hybridized carbons (Fsp3) is 0.467. The van der Waals surface area contributed by atoms with E-state index in [4.69, 9.17) is 9.31 Å². The van der Waals surface area contributed by atoms with Crippen molar-refractivity contribution >= 4 is 30.0 Å². The van der Waals surface area contributed by atoms with Crippen LogP contribution in [0.2, 0.25) is 0 Å². The Morgan fingerprint density at radius 1 is 1.18 bits per heavy atom. The van der Waals surface area contributed by atoms with Crippen molar-refractivity contribution in [3.05, 3.63) is 24.5 Å². The Labute approximate surface area is 130 Å². The Morgan fingerprint density at radius 2 is 1.82 bits per heavy atom. The van der Waals surface area contributed by atoms with Gasteiger partial charge in [0.05, 0.1) is 17.4 Å². The van der Waals surface area contributed by atoms with Gasteiger partial charge in [0.1, 0.15) is 5.65 Å². The highest BCUT2D eigenvalue weighted by atomic mass is 16.7. The van der Waals surface area contributed by atoms with E-state index in [2.05, 4.69) is 10.3 Å². The van der Waals surface area contributed by atoms with Crippen molar-refractivity contribution in [2.45, 2.75) is 45.8 Å². The summed E-state index contributed by atoms with van der Waals surface area (Å²) in [6, 6.07) is 3.81. The zero-order valence-corrected chi connectivity index (χ0v) is 13.5. The largest absolute Gasteiger partial charge is 0.496 e. The van der Waals surface area contributed by atoms with Gasteiger partial charge in [-0.2, -0.15) is 0 Å². The second-order valence-corrected chi connectivity index (χ2v) is 6.62. The maximum Gasteiger partial charge on any atom is 0.496 e. The maximum atomic E-state index is 11.1. The van der Waals surface area contributed by atoms with Crippen molar-refractivity contribution in [2.75, 3.05) is 5.32 Å². The van der Waals surface area contributed by atoms with Crippen LogP contribution in [0.15, 0.2) is 24.5 Å². The normalized spacial score (nSPS) is 19.6. The van der Waals surface area contributed by atoms with Gasteiger partial charge in [0.15, 0.2) is 5.82 Å². The quantitative estimate of drug-likeness (QED) is 0.856. The predicted octanol–water partition coefficient (Wildman–Crippen LogP) is 1.59. The summed E-state index contributed by atoms with van der Waals surface area (Å²) in [5, 5.41) is 2.68. The summed E-state index contributed by atoms with van der Waals surface area (Å²) in [5.74, 6) is 0.383. The molecule has 1 aliphatic heterocycles. The minimum atomic E-state index is -0.416. The van der Waals surface area contributed by atoms with Gasteiger partial charge in [0.2, 0.25) is 5.91 Å². The standard InChI is InChI=1S/C15H20BN3O3/c1-10(20)17-12-9-19-8-11(6-7-13(19)18-12)16-21-14(2,3)15(4,5)22-16/h6-9H,1-5H3,(H,17,20). The Bertz CT molecular complexity index is 723. The lowest BCUT2D eigenvalue weighted by molar-refractivity contribution is -0.114. The molecule has 6 nitrogen and oxygen atoms in total. The number of aromatic nitrogens is 2. The van der Waals surface area contributed by atoms with E-state index in [9.17, 15) is 4.79 Å². The van der Waals surface area contributed by atoms with E-state index in [0.29, 0.717) is 5.82 Å². The van der Waals surface area contributed by atoms with E-state index in [1.165, 1.54) is 6.92 Å². The number of imidazole rings is 1. The van der Waals surface area contributed by atoms with Crippen LogP contribution < -0.4 is 10.8 Å². The van der Waals surface area contributed by atoms with E-state index in [0.717, 1.165) is 11.1 Å². The van der Waals surface area contributed by atoms with E-state index in [-0.39, 0.29) is 17.1 Å². The molecule has 1 aliphatic rings. The zero-order chi connectivity index (χ0) is 16.1. The number of nitrogens with zero attached hydrogens (tertiary/aromatic N) is 2. The fourth-order valence-electron chi connectivity index (χ4n) is 2.37. The second-order valence-electron chi connectivity index (χ2n) is 6.62. The van der Waals surface area contributed by atoms with Crippen LogP contribution >= 0.6 is 0 Å². The first-order chi connectivity index (χ1) is 10.2. The predicted molar refractivity (Wildman–Crippen MR) is 85.2 cm³/mol. The number of hydrogen-bond donors (Lipinski definition) is 1. The number of nitrogens with one attached hydrogen (secondary N) is 1. The van der Waals surface area contributed by atoms with Gasteiger partial charge in [-0.05, 0) is 39.2 Å². The molecule has 0 aromatic carbocycles. The molecule has 3 rings (SSSR count). The molecule has 0 saturated carbocycles. The van der Waals surface area contributed by atoms with Gasteiger partial charge < -0.3 is 19.0 Å². The third-order valence-electron chi connectivity index (χ3n) is 4.30. The molecular weight excluding hydrogens is 281 g/mol. The summed E-state index contributed by atoms with van der Waals surface area (Å²) in [6.45, 7) is 9.56. The number of anilines is 1. The van der Waals surface area contributed by atoms with Crippen LogP contribution in [0, 0.1) is 0 Å². The first-order valence-corrected chi connectivity index (χ1v) is 7.30. The molecule has 0 spiro atoms. The average Bonchev–Trinajstić information content (AvgIpc) is 2.85. The Balaban J connectivity index is 1.91. The molecule has 0 bridgehead atoms. The van der Waals surface area contributed by atoms with Gasteiger partial charge >= 0.3 is 7.12 Å². The highest BCUT2D eigenvalue weighted by Crippen LogP contribution is 2.36. The zero-order valence-electron chi connectivity index (χ0n) is 13.5. The molecule has 1 N–H and O–H groups in total. The third kappa shape index (κ3) is 2.50. The van der Waals surface area contributed by atoms with Crippen LogP contribution in [0.1, 0.15) is 34.6 Å². The van der Waals surface area contributed by atoms with Gasteiger partial charge in [-0.15, -0.1) is 0 Å². The second kappa shape index (κ2) is 4.82. The number of rotatable bonds is 2. The van der Waals surface area contributed by atoms with E-state index < -0.39 is 7.12 Å². The van der Waals surface area contributed by atoms with Gasteiger partial charge in [-0.25, -0.2) is 4.98 Å². The Kier molecular flexibility index (Phi) is 3.30. The van der Waals surface area contributed by atoms with E-state index >= 15 is 0 Å². The summed E-state index contributed by atoms with van der Waals surface area (Å²) in [5.41, 5.74) is 0.924. The first-order valence-electron chi connectivity index (χ1n) is 7.30. The average molecular weight is 301 g/mol. The lowest BCUT2D eigenvalue weighted by Crippen LogP contribution is -2.41. The first kappa shape index (κ1) is 15.1. The van der Waals surface area contributed by atoms with Gasteiger partial charge in [-0.1, -0.05) is 6.07 Å². The molecule has 0 atom stereocenters. The lowest BCUT2D eigenvalue weighted by Gasteiger charge is -2.32. The van der Waals surface area contributed by atoms with Crippen molar-refractivity contribution < 1.29 is 14.1 Å². The topological polar surface area (TPSA) is 64.9 Å². The number of amides is 1. The molecule has 116 valence electrons. The molecule has 2 aromatic rings. The van der Waals surface area contributed by atoms with Crippen LogP contribution in [0.5, 0.6) is 0 Å². The van der Waals surface area contributed by atoms with Gasteiger partial charge in [-0.3, -0.25) is 4.79 Å². The summed E-state index contributed by atoms with van der Waals surface area (Å²) in [6.07, 6.45) is 3.68. The van der Waals surface area contributed by atoms with Crippen LogP contribution in [0.3, 0.4) is 0 Å². The smallest absolute Gasteiger partial charge is 0.399 e. The van der Waals surface area contributed by atoms with Crippen molar-refractivity contribution in [3.8, 4) is 0 Å². The number of carbonyl (C=O) groups is 1. The van der Waals surface area contributed by atoms with Crippen LogP contribution in [-0.4, -0.2) is 33.6 Å². The summed E-state index contributed by atoms with van der Waals surface area (Å²) >= 11 is 0. The molecule has 1 amide bonds. The highest BCUT2D eigenvalue weighted by Gasteiger charge is 2.51. The monoisotopic (exact) mass is 301 g/mol. The molecule has 7 heteroatoms. The van der Waals surface area contributed by atoms with Gasteiger partial charge in [0.25, 0.3) is 0 Å². The highest BCUT2D eigenvalue weighted by molar-refractivity contribution is 6.62. The summed E-state index contributed by atoms with van der Waals surface area (Å²) in [4.78, 5) is 15.4. The van der Waals surface area contributed by atoms with E-state index in [1.807, 2.05) is 50.4 Å². The lowest BCUT2D eigenvalue weighted by atomic mass is 9.80. The van der Waals surface area contributed by atoms with Crippen LogP contribution in [-0.2, 0) is 14.1 Å². The third-order valence-corrected chi connectivity index (χ3v) is 4.30. The van der Waals surface area contributed by atoms with Crippen molar-refractivity contribution in [1.82, 2.24) is 9.38 Å². The number of hydrogen-bond acceptors (Lipinski definition) is 4. The SMILES string of the molecule is CC(=O)Nc1cn2cc(B3OC(C)(C)C(C)(C)O3)ccc2n1. The molecule has 1 fully saturated rings. The summed E-state index contributed by atoms with van der Waals surface area (Å²) < 4.78 is 13.9. The van der Waals surface area contributed by atoms with E-state index in [1.54, 1.807) is 6.20 Å².